The Balaban J connectivity index is 1.67. The average Bonchev–Trinajstić information content (AvgIpc) is 3.35. The third-order valence-corrected chi connectivity index (χ3v) is 4.97. The number of pyridine rings is 1. The van der Waals surface area contributed by atoms with Gasteiger partial charge in [0.2, 0.25) is 0 Å². The van der Waals surface area contributed by atoms with Crippen LogP contribution in [-0.4, -0.2) is 19.6 Å². The molecular formula is C22H15ClN4O. The van der Waals surface area contributed by atoms with E-state index < -0.39 is 0 Å². The van der Waals surface area contributed by atoms with E-state index in [1.807, 2.05) is 59.1 Å². The lowest BCUT2D eigenvalue weighted by atomic mass is 10.1. The third kappa shape index (κ3) is 2.77. The molecule has 0 saturated heterocycles. The molecule has 5 rings (SSSR count). The minimum Gasteiger partial charge on any atom is -0.443 e. The van der Waals surface area contributed by atoms with E-state index in [0.29, 0.717) is 16.6 Å². The van der Waals surface area contributed by atoms with Crippen LogP contribution in [0.15, 0.2) is 77.7 Å². The average molecular weight is 387 g/mol. The maximum absolute atomic E-state index is 6.37. The molecule has 2 aromatic carbocycles. The van der Waals surface area contributed by atoms with Gasteiger partial charge in [0, 0.05) is 22.9 Å². The number of rotatable bonds is 3. The third-order valence-electron chi connectivity index (χ3n) is 4.64. The summed E-state index contributed by atoms with van der Waals surface area (Å²) in [5, 5.41) is 9.21. The minimum atomic E-state index is 0.627. The van der Waals surface area contributed by atoms with Crippen LogP contribution in [0.5, 0.6) is 0 Å². The van der Waals surface area contributed by atoms with E-state index in [-0.39, 0.29) is 0 Å². The number of halogens is 1. The van der Waals surface area contributed by atoms with E-state index in [0.717, 1.165) is 28.0 Å². The Morgan fingerprint density at radius 3 is 2.68 bits per heavy atom. The van der Waals surface area contributed by atoms with Crippen molar-refractivity contribution in [3.8, 4) is 34.0 Å². The SMILES string of the molecule is Cc1cccc(-c2ncoc2-c2ccc3nnc(-c4ccccc4Cl)n3c2)c1. The zero-order valence-electron chi connectivity index (χ0n) is 15.0. The molecule has 3 aromatic heterocycles. The van der Waals surface area contributed by atoms with Crippen LogP contribution in [0.4, 0.5) is 0 Å². The van der Waals surface area contributed by atoms with Gasteiger partial charge in [0.05, 0.1) is 5.02 Å². The van der Waals surface area contributed by atoms with Gasteiger partial charge in [-0.15, -0.1) is 10.2 Å². The molecule has 0 saturated carbocycles. The molecule has 0 spiro atoms. The van der Waals surface area contributed by atoms with Crippen LogP contribution in [-0.2, 0) is 0 Å². The van der Waals surface area contributed by atoms with Crippen LogP contribution in [0.3, 0.4) is 0 Å². The minimum absolute atomic E-state index is 0.627. The van der Waals surface area contributed by atoms with E-state index in [1.54, 1.807) is 0 Å². The lowest BCUT2D eigenvalue weighted by Gasteiger charge is -2.06. The van der Waals surface area contributed by atoms with Crippen LogP contribution >= 0.6 is 11.6 Å². The highest BCUT2D eigenvalue weighted by atomic mass is 35.5. The first-order chi connectivity index (χ1) is 13.7. The molecule has 136 valence electrons. The molecule has 0 bridgehead atoms. The predicted molar refractivity (Wildman–Crippen MR) is 109 cm³/mol. The number of aromatic nitrogens is 4. The van der Waals surface area contributed by atoms with Crippen molar-refractivity contribution < 1.29 is 4.42 Å². The molecular weight excluding hydrogens is 372 g/mol. The van der Waals surface area contributed by atoms with Gasteiger partial charge in [-0.05, 0) is 37.3 Å². The summed E-state index contributed by atoms with van der Waals surface area (Å²) in [6.07, 6.45) is 3.42. The molecule has 0 amide bonds. The van der Waals surface area contributed by atoms with E-state index >= 15 is 0 Å². The van der Waals surface area contributed by atoms with E-state index in [9.17, 15) is 0 Å². The summed E-state index contributed by atoms with van der Waals surface area (Å²) in [5.41, 5.74) is 5.42. The molecule has 0 N–H and O–H groups in total. The second-order valence-corrected chi connectivity index (χ2v) is 6.96. The highest BCUT2D eigenvalue weighted by Crippen LogP contribution is 2.33. The van der Waals surface area contributed by atoms with Gasteiger partial charge < -0.3 is 4.42 Å². The maximum Gasteiger partial charge on any atom is 0.182 e. The molecule has 5 nitrogen and oxygen atoms in total. The standard InChI is InChI=1S/C22H15ClN4O/c1-14-5-4-6-15(11-14)20-21(28-13-24-20)16-9-10-19-25-26-22(27(19)12-16)17-7-2-3-8-18(17)23/h2-13H,1H3. The second kappa shape index (κ2) is 6.62. The largest absolute Gasteiger partial charge is 0.443 e. The fraction of sp³-hybridized carbons (Fsp3) is 0.0455. The van der Waals surface area contributed by atoms with Gasteiger partial charge in [0.25, 0.3) is 0 Å². The zero-order valence-corrected chi connectivity index (χ0v) is 15.8. The molecule has 28 heavy (non-hydrogen) atoms. The van der Waals surface area contributed by atoms with Crippen molar-refractivity contribution in [1.82, 2.24) is 19.6 Å². The van der Waals surface area contributed by atoms with Crippen LogP contribution in [0.1, 0.15) is 5.56 Å². The van der Waals surface area contributed by atoms with Gasteiger partial charge in [-0.25, -0.2) is 4.98 Å². The van der Waals surface area contributed by atoms with Crippen molar-refractivity contribution >= 4 is 17.2 Å². The fourth-order valence-electron chi connectivity index (χ4n) is 3.30. The number of aryl methyl sites for hydroxylation is 1. The second-order valence-electron chi connectivity index (χ2n) is 6.55. The van der Waals surface area contributed by atoms with Crippen LogP contribution in [0.2, 0.25) is 5.02 Å². The first kappa shape index (κ1) is 16.7. The van der Waals surface area contributed by atoms with Crippen LogP contribution in [0, 0.1) is 6.92 Å². The Morgan fingerprint density at radius 1 is 0.929 bits per heavy atom. The summed E-state index contributed by atoms with van der Waals surface area (Å²) in [5.74, 6) is 1.38. The summed E-state index contributed by atoms with van der Waals surface area (Å²) in [6, 6.07) is 19.7. The molecule has 0 fully saturated rings. The quantitative estimate of drug-likeness (QED) is 0.400. The number of oxazole rings is 1. The van der Waals surface area contributed by atoms with E-state index in [1.165, 1.54) is 12.0 Å². The van der Waals surface area contributed by atoms with Crippen molar-refractivity contribution in [3.05, 3.63) is 83.8 Å². The summed E-state index contributed by atoms with van der Waals surface area (Å²) in [4.78, 5) is 4.44. The summed E-state index contributed by atoms with van der Waals surface area (Å²) >= 11 is 6.37. The van der Waals surface area contributed by atoms with Crippen molar-refractivity contribution in [2.24, 2.45) is 0 Å². The Hall–Kier alpha value is -3.44. The lowest BCUT2D eigenvalue weighted by Crippen LogP contribution is -1.92. The molecule has 0 radical (unpaired) electrons. The Kier molecular flexibility index (Phi) is 3.95. The Bertz CT molecular complexity index is 1300. The van der Waals surface area contributed by atoms with Crippen molar-refractivity contribution in [1.29, 1.82) is 0 Å². The number of fused-ring (bicyclic) bond motifs is 1. The van der Waals surface area contributed by atoms with Gasteiger partial charge in [0.15, 0.2) is 23.6 Å². The molecule has 0 aliphatic carbocycles. The summed E-state index contributed by atoms with van der Waals surface area (Å²) < 4.78 is 7.66. The molecule has 3 heterocycles. The number of hydrogen-bond donors (Lipinski definition) is 0. The van der Waals surface area contributed by atoms with Crippen molar-refractivity contribution in [3.63, 3.8) is 0 Å². The monoisotopic (exact) mass is 386 g/mol. The highest BCUT2D eigenvalue weighted by Gasteiger charge is 2.16. The van der Waals surface area contributed by atoms with Crippen LogP contribution in [0.25, 0.3) is 39.6 Å². The van der Waals surface area contributed by atoms with Gasteiger partial charge in [-0.3, -0.25) is 4.40 Å². The Morgan fingerprint density at radius 2 is 1.82 bits per heavy atom. The number of hydrogen-bond acceptors (Lipinski definition) is 4. The molecule has 6 heteroatoms. The zero-order chi connectivity index (χ0) is 19.1. The van der Waals surface area contributed by atoms with Gasteiger partial charge in [-0.1, -0.05) is 47.5 Å². The summed E-state index contributed by atoms with van der Waals surface area (Å²) in [7, 11) is 0. The number of nitrogens with zero attached hydrogens (tertiary/aromatic N) is 4. The topological polar surface area (TPSA) is 56.2 Å². The van der Waals surface area contributed by atoms with Gasteiger partial charge in [0.1, 0.15) is 5.69 Å². The molecule has 0 aliphatic heterocycles. The van der Waals surface area contributed by atoms with Gasteiger partial charge >= 0.3 is 0 Å². The molecule has 0 atom stereocenters. The fourth-order valence-corrected chi connectivity index (χ4v) is 3.52. The summed E-state index contributed by atoms with van der Waals surface area (Å²) in [6.45, 7) is 2.06. The van der Waals surface area contributed by atoms with E-state index in [4.69, 9.17) is 16.0 Å². The first-order valence-electron chi connectivity index (χ1n) is 8.81. The van der Waals surface area contributed by atoms with Crippen LogP contribution < -0.4 is 0 Å². The molecule has 5 aromatic rings. The van der Waals surface area contributed by atoms with Crippen molar-refractivity contribution in [2.45, 2.75) is 6.92 Å². The lowest BCUT2D eigenvalue weighted by molar-refractivity contribution is 0.572. The predicted octanol–water partition coefficient (Wildman–Crippen LogP) is 5.68. The van der Waals surface area contributed by atoms with E-state index in [2.05, 4.69) is 34.2 Å². The van der Waals surface area contributed by atoms with Crippen molar-refractivity contribution in [2.75, 3.05) is 0 Å². The Labute approximate surface area is 166 Å². The number of benzene rings is 2. The highest BCUT2D eigenvalue weighted by molar-refractivity contribution is 6.33. The van der Waals surface area contributed by atoms with Gasteiger partial charge in [-0.2, -0.15) is 0 Å². The first-order valence-corrected chi connectivity index (χ1v) is 9.19. The smallest absolute Gasteiger partial charge is 0.182 e. The molecule has 0 unspecified atom stereocenters. The molecule has 0 aliphatic rings. The normalized spacial score (nSPS) is 11.2. The maximum atomic E-state index is 6.37.